The molecule has 13 heteroatoms. The van der Waals surface area contributed by atoms with Crippen molar-refractivity contribution in [1.82, 2.24) is 10.3 Å². The van der Waals surface area contributed by atoms with E-state index in [1.165, 1.54) is 69.1 Å². The molecule has 1 amide bonds. The molecule has 0 aliphatic heterocycles. The van der Waals surface area contributed by atoms with Crippen molar-refractivity contribution >= 4 is 34.9 Å². The number of carbonyl (C=O) groups is 1. The lowest BCUT2D eigenvalue weighted by Gasteiger charge is -2.13. The summed E-state index contributed by atoms with van der Waals surface area (Å²) in [4.78, 5) is 28.5. The number of amides is 1. The lowest BCUT2D eigenvalue weighted by Crippen LogP contribution is -2.24. The second kappa shape index (κ2) is 14.4. The zero-order chi connectivity index (χ0) is 31.6. The van der Waals surface area contributed by atoms with Gasteiger partial charge in [-0.2, -0.15) is 0 Å². The van der Waals surface area contributed by atoms with E-state index in [0.717, 1.165) is 6.21 Å². The number of nitrogens with one attached hydrogen (secondary N) is 4. The highest BCUT2D eigenvalue weighted by molar-refractivity contribution is 6.08. The van der Waals surface area contributed by atoms with Gasteiger partial charge in [-0.25, -0.2) is 13.8 Å². The topological polar surface area (TPSA) is 152 Å². The summed E-state index contributed by atoms with van der Waals surface area (Å²) in [5.41, 5.74) is 1.47. The summed E-state index contributed by atoms with van der Waals surface area (Å²) in [7, 11) is 3.00. The van der Waals surface area contributed by atoms with Crippen molar-refractivity contribution in [3.05, 3.63) is 123 Å². The SMILES string of the molecule is COc1ccc(CNc2nccc(C(=O)NCc3cc(F)cc(/C(C=N)=C/Nc4ccc(F)cc4)c3)c2[N+](=O)[O-])c(OC)c1. The molecular weight excluding hydrogens is 574 g/mol. The van der Waals surface area contributed by atoms with Crippen molar-refractivity contribution in [3.63, 3.8) is 0 Å². The number of halogens is 2. The van der Waals surface area contributed by atoms with Gasteiger partial charge in [-0.15, -0.1) is 0 Å². The Morgan fingerprint density at radius 1 is 1.00 bits per heavy atom. The molecule has 1 heterocycles. The monoisotopic (exact) mass is 602 g/mol. The molecule has 0 spiro atoms. The van der Waals surface area contributed by atoms with Crippen LogP contribution in [-0.2, 0) is 13.1 Å². The maximum Gasteiger partial charge on any atom is 0.324 e. The molecule has 0 radical (unpaired) electrons. The second-order valence-electron chi connectivity index (χ2n) is 9.27. The largest absolute Gasteiger partial charge is 0.497 e. The van der Waals surface area contributed by atoms with Gasteiger partial charge in [0.15, 0.2) is 0 Å². The Labute approximate surface area is 251 Å². The number of carbonyl (C=O) groups excluding carboxylic acids is 1. The lowest BCUT2D eigenvalue weighted by molar-refractivity contribution is -0.384. The highest BCUT2D eigenvalue weighted by Crippen LogP contribution is 2.29. The van der Waals surface area contributed by atoms with E-state index in [1.807, 2.05) is 0 Å². The van der Waals surface area contributed by atoms with Crippen LogP contribution in [0.25, 0.3) is 5.57 Å². The minimum atomic E-state index is -0.768. The van der Waals surface area contributed by atoms with E-state index in [2.05, 4.69) is 20.9 Å². The van der Waals surface area contributed by atoms with Crippen LogP contribution in [0.15, 0.2) is 79.1 Å². The first-order chi connectivity index (χ1) is 21.2. The molecule has 0 saturated carbocycles. The minimum absolute atomic E-state index is 0.108. The van der Waals surface area contributed by atoms with Crippen molar-refractivity contribution in [2.24, 2.45) is 0 Å². The molecule has 4 aromatic rings. The second-order valence-corrected chi connectivity index (χ2v) is 9.27. The van der Waals surface area contributed by atoms with Crippen LogP contribution in [0.4, 0.5) is 26.0 Å². The van der Waals surface area contributed by atoms with Gasteiger partial charge in [0.2, 0.25) is 5.82 Å². The van der Waals surface area contributed by atoms with Crippen LogP contribution in [0.1, 0.15) is 27.0 Å². The average Bonchev–Trinajstić information content (AvgIpc) is 3.03. The summed E-state index contributed by atoms with van der Waals surface area (Å²) in [6, 6.07) is 15.9. The van der Waals surface area contributed by atoms with Crippen LogP contribution in [-0.4, -0.2) is 36.2 Å². The van der Waals surface area contributed by atoms with Gasteiger partial charge in [0.05, 0.1) is 19.1 Å². The number of nitrogens with zero attached hydrogens (tertiary/aromatic N) is 2. The van der Waals surface area contributed by atoms with Gasteiger partial charge in [0, 0.05) is 54.6 Å². The maximum atomic E-state index is 14.5. The van der Waals surface area contributed by atoms with Gasteiger partial charge in [-0.3, -0.25) is 14.9 Å². The number of benzene rings is 3. The number of aromatic nitrogens is 1. The van der Waals surface area contributed by atoms with E-state index in [0.29, 0.717) is 39.4 Å². The Morgan fingerprint density at radius 3 is 2.45 bits per heavy atom. The zero-order valence-electron chi connectivity index (χ0n) is 23.7. The molecule has 0 aliphatic carbocycles. The summed E-state index contributed by atoms with van der Waals surface area (Å²) in [6.07, 6.45) is 3.75. The summed E-state index contributed by atoms with van der Waals surface area (Å²) in [5.74, 6) is -0.835. The molecule has 0 atom stereocenters. The summed E-state index contributed by atoms with van der Waals surface area (Å²) >= 11 is 0. The quantitative estimate of drug-likeness (QED) is 0.0835. The van der Waals surface area contributed by atoms with Gasteiger partial charge in [-0.1, -0.05) is 0 Å². The van der Waals surface area contributed by atoms with Crippen molar-refractivity contribution in [2.75, 3.05) is 24.9 Å². The van der Waals surface area contributed by atoms with Gasteiger partial charge < -0.3 is 30.8 Å². The van der Waals surface area contributed by atoms with E-state index in [4.69, 9.17) is 14.9 Å². The number of allylic oxidation sites excluding steroid dienone is 1. The average molecular weight is 603 g/mol. The van der Waals surface area contributed by atoms with Gasteiger partial charge in [0.1, 0.15) is 28.7 Å². The standard InChI is InChI=1S/C31H28F2N6O5/c1-43-26-8-3-20(28(14-26)44-2)17-37-30-29(39(41)42)27(9-10-35-30)31(40)38-16-19-11-21(13-24(33)12-19)22(15-34)18-36-25-6-4-23(32)5-7-25/h3-15,18,34,36H,16-17H2,1-2H3,(H,35,37)(H,38,40)/b22-18+,34-15?. The Kier molecular flexibility index (Phi) is 10.1. The lowest BCUT2D eigenvalue weighted by atomic mass is 10.0. The van der Waals surface area contributed by atoms with Crippen LogP contribution in [0.2, 0.25) is 0 Å². The van der Waals surface area contributed by atoms with E-state index >= 15 is 0 Å². The number of rotatable bonds is 13. The Balaban J connectivity index is 1.50. The first-order valence-corrected chi connectivity index (χ1v) is 13.1. The number of nitro groups is 1. The van der Waals surface area contributed by atoms with Gasteiger partial charge in [-0.05, 0) is 71.8 Å². The zero-order valence-corrected chi connectivity index (χ0v) is 23.7. The van der Waals surface area contributed by atoms with E-state index < -0.39 is 28.2 Å². The number of ether oxygens (including phenoxy) is 2. The number of hydrogen-bond acceptors (Lipinski definition) is 9. The molecule has 0 aliphatic rings. The number of anilines is 2. The first kappa shape index (κ1) is 31.1. The van der Waals surface area contributed by atoms with Gasteiger partial charge in [0.25, 0.3) is 5.91 Å². The van der Waals surface area contributed by atoms with Crippen molar-refractivity contribution in [3.8, 4) is 11.5 Å². The predicted molar refractivity (Wildman–Crippen MR) is 162 cm³/mol. The molecule has 226 valence electrons. The Morgan fingerprint density at radius 2 is 1.77 bits per heavy atom. The fraction of sp³-hybridized carbons (Fsp3) is 0.129. The molecule has 4 rings (SSSR count). The third kappa shape index (κ3) is 7.70. The molecule has 11 nitrogen and oxygen atoms in total. The summed E-state index contributed by atoms with van der Waals surface area (Å²) < 4.78 is 38.3. The smallest absolute Gasteiger partial charge is 0.324 e. The van der Waals surface area contributed by atoms with Crippen molar-refractivity contribution in [1.29, 1.82) is 5.41 Å². The minimum Gasteiger partial charge on any atom is -0.497 e. The fourth-order valence-corrected chi connectivity index (χ4v) is 4.24. The van der Waals surface area contributed by atoms with Crippen LogP contribution in [0.5, 0.6) is 11.5 Å². The number of pyridine rings is 1. The van der Waals surface area contributed by atoms with Crippen molar-refractivity contribution < 1.29 is 28.0 Å². The van der Waals surface area contributed by atoms with E-state index in [1.54, 1.807) is 24.3 Å². The third-order valence-electron chi connectivity index (χ3n) is 6.43. The molecule has 44 heavy (non-hydrogen) atoms. The van der Waals surface area contributed by atoms with Crippen LogP contribution in [0, 0.1) is 27.2 Å². The van der Waals surface area contributed by atoms with Crippen LogP contribution < -0.4 is 25.4 Å². The highest BCUT2D eigenvalue weighted by Gasteiger charge is 2.26. The molecule has 4 N–H and O–H groups in total. The molecule has 0 fully saturated rings. The normalized spacial score (nSPS) is 11.0. The predicted octanol–water partition coefficient (Wildman–Crippen LogP) is 5.93. The Bertz CT molecular complexity index is 1710. The maximum absolute atomic E-state index is 14.5. The van der Waals surface area contributed by atoms with E-state index in [9.17, 15) is 23.7 Å². The van der Waals surface area contributed by atoms with Crippen LogP contribution >= 0.6 is 0 Å². The summed E-state index contributed by atoms with van der Waals surface area (Å²) in [6.45, 7) is -0.0530. The Hall–Kier alpha value is -5.85. The number of methoxy groups -OCH3 is 2. The fourth-order valence-electron chi connectivity index (χ4n) is 4.24. The molecule has 0 unspecified atom stereocenters. The first-order valence-electron chi connectivity index (χ1n) is 13.1. The van der Waals surface area contributed by atoms with Gasteiger partial charge >= 0.3 is 5.69 Å². The van der Waals surface area contributed by atoms with Crippen molar-refractivity contribution in [2.45, 2.75) is 13.1 Å². The number of hydrogen-bond donors (Lipinski definition) is 4. The highest BCUT2D eigenvalue weighted by atomic mass is 19.1. The van der Waals surface area contributed by atoms with Crippen LogP contribution in [0.3, 0.4) is 0 Å². The van der Waals surface area contributed by atoms with E-state index in [-0.39, 0.29) is 24.5 Å². The summed E-state index contributed by atoms with van der Waals surface area (Å²) in [5, 5.41) is 28.2. The molecule has 0 saturated heterocycles. The molecule has 3 aromatic carbocycles. The third-order valence-corrected chi connectivity index (χ3v) is 6.43. The molecule has 1 aromatic heterocycles. The molecule has 0 bridgehead atoms. The molecular formula is C31H28F2N6O5.